The first-order valence-electron chi connectivity index (χ1n) is 10.0. The average Bonchev–Trinajstić information content (AvgIpc) is 2.80. The maximum atomic E-state index is 12.4. The van der Waals surface area contributed by atoms with Crippen molar-refractivity contribution in [1.82, 2.24) is 0 Å². The summed E-state index contributed by atoms with van der Waals surface area (Å²) in [6, 6.07) is 20.4. The third-order valence-corrected chi connectivity index (χ3v) is 4.82. The molecule has 0 fully saturated rings. The Morgan fingerprint density at radius 3 is 2.06 bits per heavy atom. The highest BCUT2D eigenvalue weighted by molar-refractivity contribution is 9.10. The summed E-state index contributed by atoms with van der Waals surface area (Å²) in [4.78, 5) is 35.9. The lowest BCUT2D eigenvalue weighted by atomic mass is 10.2. The van der Waals surface area contributed by atoms with E-state index in [-0.39, 0.29) is 24.2 Å². The van der Waals surface area contributed by atoms with E-state index in [0.29, 0.717) is 16.9 Å². The van der Waals surface area contributed by atoms with Gasteiger partial charge in [-0.2, -0.15) is 0 Å². The molecule has 0 saturated heterocycles. The van der Waals surface area contributed by atoms with E-state index in [9.17, 15) is 14.4 Å². The molecule has 0 aliphatic rings. The Balaban J connectivity index is 1.52. The van der Waals surface area contributed by atoms with Gasteiger partial charge in [-0.1, -0.05) is 28.1 Å². The summed E-state index contributed by atoms with van der Waals surface area (Å²) >= 11 is 3.37. The summed E-state index contributed by atoms with van der Waals surface area (Å²) in [6.07, 6.45) is 2.37. The number of hydrogen-bond acceptors (Lipinski definition) is 5. The van der Waals surface area contributed by atoms with Crippen LogP contribution in [0.4, 0.5) is 16.2 Å². The lowest BCUT2D eigenvalue weighted by molar-refractivity contribution is -0.111. The highest BCUT2D eigenvalue weighted by Gasteiger charge is 2.09. The number of anilines is 2. The van der Waals surface area contributed by atoms with Gasteiger partial charge in [0.2, 0.25) is 5.91 Å². The summed E-state index contributed by atoms with van der Waals surface area (Å²) < 4.78 is 10.6. The molecule has 0 bridgehead atoms. The minimum atomic E-state index is -0.800. The molecule has 0 heterocycles. The van der Waals surface area contributed by atoms with Crippen LogP contribution in [0.3, 0.4) is 0 Å². The molecule has 8 heteroatoms. The van der Waals surface area contributed by atoms with E-state index in [0.717, 1.165) is 10.0 Å². The molecule has 3 rings (SSSR count). The van der Waals surface area contributed by atoms with Crippen LogP contribution in [0.1, 0.15) is 22.8 Å². The molecule has 0 radical (unpaired) electrons. The third-order valence-electron chi connectivity index (χ3n) is 4.29. The number of carbonyl (C=O) groups excluding carboxylic acids is 3. The van der Waals surface area contributed by atoms with Crippen molar-refractivity contribution in [3.05, 3.63) is 94.5 Å². The van der Waals surface area contributed by atoms with Gasteiger partial charge < -0.3 is 20.1 Å². The van der Waals surface area contributed by atoms with Gasteiger partial charge in [-0.15, -0.1) is 0 Å². The van der Waals surface area contributed by atoms with E-state index in [1.807, 2.05) is 24.3 Å². The number of carbonyl (C=O) groups is 3. The molecule has 0 saturated carbocycles. The van der Waals surface area contributed by atoms with Crippen molar-refractivity contribution in [2.75, 3.05) is 17.2 Å². The van der Waals surface area contributed by atoms with Crippen molar-refractivity contribution in [2.24, 2.45) is 0 Å². The number of ether oxygens (including phenoxy) is 2. The molecule has 0 spiro atoms. The molecular weight excluding hydrogens is 488 g/mol. The molecule has 168 valence electrons. The molecule has 0 aliphatic heterocycles. The van der Waals surface area contributed by atoms with Gasteiger partial charge in [0.05, 0.1) is 6.61 Å². The van der Waals surface area contributed by atoms with Crippen LogP contribution in [-0.4, -0.2) is 24.6 Å². The fourth-order valence-corrected chi connectivity index (χ4v) is 2.95. The Hall–Kier alpha value is -3.91. The summed E-state index contributed by atoms with van der Waals surface area (Å²) in [6.45, 7) is 1.89. The first kappa shape index (κ1) is 23.7. The maximum Gasteiger partial charge on any atom is 0.513 e. The Morgan fingerprint density at radius 1 is 0.848 bits per heavy atom. The van der Waals surface area contributed by atoms with Crippen LogP contribution in [0.2, 0.25) is 0 Å². The molecule has 3 aromatic rings. The van der Waals surface area contributed by atoms with Crippen LogP contribution >= 0.6 is 15.9 Å². The predicted octanol–water partition coefficient (Wildman–Crippen LogP) is 5.89. The molecular formula is C25H21BrN2O5. The van der Waals surface area contributed by atoms with E-state index >= 15 is 0 Å². The first-order chi connectivity index (χ1) is 15.9. The zero-order valence-electron chi connectivity index (χ0n) is 17.7. The Bertz CT molecular complexity index is 1140. The first-order valence-corrected chi connectivity index (χ1v) is 10.8. The molecule has 0 unspecified atom stereocenters. The second-order valence-corrected chi connectivity index (χ2v) is 7.63. The summed E-state index contributed by atoms with van der Waals surface area (Å²) in [5.74, 6) is -0.314. The van der Waals surface area contributed by atoms with Crippen LogP contribution < -0.4 is 15.4 Å². The van der Waals surface area contributed by atoms with Gasteiger partial charge >= 0.3 is 6.16 Å². The van der Waals surface area contributed by atoms with Crippen molar-refractivity contribution in [3.8, 4) is 5.75 Å². The zero-order chi connectivity index (χ0) is 23.6. The van der Waals surface area contributed by atoms with Crippen LogP contribution in [0.25, 0.3) is 6.08 Å². The Morgan fingerprint density at radius 2 is 1.45 bits per heavy atom. The molecule has 2 amide bonds. The molecule has 3 aromatic carbocycles. The van der Waals surface area contributed by atoms with E-state index in [4.69, 9.17) is 9.47 Å². The van der Waals surface area contributed by atoms with E-state index in [1.54, 1.807) is 37.3 Å². The summed E-state index contributed by atoms with van der Waals surface area (Å²) in [5, 5.41) is 5.54. The van der Waals surface area contributed by atoms with Crippen molar-refractivity contribution in [1.29, 1.82) is 0 Å². The van der Waals surface area contributed by atoms with Gasteiger partial charge in [0.1, 0.15) is 5.75 Å². The van der Waals surface area contributed by atoms with Gasteiger partial charge in [-0.25, -0.2) is 4.79 Å². The van der Waals surface area contributed by atoms with Crippen LogP contribution in [0.15, 0.2) is 83.3 Å². The largest absolute Gasteiger partial charge is 0.513 e. The molecule has 0 aliphatic carbocycles. The van der Waals surface area contributed by atoms with Gasteiger partial charge in [-0.3, -0.25) is 9.59 Å². The van der Waals surface area contributed by atoms with Gasteiger partial charge in [0.25, 0.3) is 5.91 Å². The quantitative estimate of drug-likeness (QED) is 0.235. The molecule has 2 N–H and O–H groups in total. The predicted molar refractivity (Wildman–Crippen MR) is 130 cm³/mol. The standard InChI is InChI=1S/C25H21BrN2O5/c1-2-32-25(31)33-22-14-6-18(7-15-22)24(30)28-21-12-10-20(11-13-21)27-23(29)16-5-17-3-8-19(26)9-4-17/h3-16H,2H2,1H3,(H,27,29)(H,28,30)/b16-5+. The zero-order valence-corrected chi connectivity index (χ0v) is 19.3. The highest BCUT2D eigenvalue weighted by atomic mass is 79.9. The number of benzene rings is 3. The fraction of sp³-hybridized carbons (Fsp3) is 0.0800. The smallest absolute Gasteiger partial charge is 0.434 e. The number of halogens is 1. The van der Waals surface area contributed by atoms with Gasteiger partial charge in [0, 0.05) is 27.5 Å². The SMILES string of the molecule is CCOC(=O)Oc1ccc(C(=O)Nc2ccc(NC(=O)/C=C/c3ccc(Br)cc3)cc2)cc1. The molecule has 7 nitrogen and oxygen atoms in total. The van der Waals surface area contributed by atoms with Gasteiger partial charge in [0.15, 0.2) is 0 Å². The number of amides is 2. The second kappa shape index (κ2) is 11.6. The van der Waals surface area contributed by atoms with E-state index < -0.39 is 6.16 Å². The van der Waals surface area contributed by atoms with Crippen molar-refractivity contribution in [2.45, 2.75) is 6.92 Å². The normalized spacial score (nSPS) is 10.5. The number of hydrogen-bond donors (Lipinski definition) is 2. The minimum absolute atomic E-state index is 0.213. The maximum absolute atomic E-state index is 12.4. The van der Waals surface area contributed by atoms with E-state index in [2.05, 4.69) is 26.6 Å². The van der Waals surface area contributed by atoms with Crippen molar-refractivity contribution in [3.63, 3.8) is 0 Å². The lowest BCUT2D eigenvalue weighted by Gasteiger charge is -2.08. The molecule has 0 aromatic heterocycles. The Labute approximate surface area is 199 Å². The molecule has 0 atom stereocenters. The topological polar surface area (TPSA) is 93.7 Å². The van der Waals surface area contributed by atoms with Crippen LogP contribution in [0, 0.1) is 0 Å². The van der Waals surface area contributed by atoms with Gasteiger partial charge in [-0.05, 0) is 79.2 Å². The average molecular weight is 509 g/mol. The number of nitrogens with one attached hydrogen (secondary N) is 2. The monoisotopic (exact) mass is 508 g/mol. The summed E-state index contributed by atoms with van der Waals surface area (Å²) in [7, 11) is 0. The van der Waals surface area contributed by atoms with Crippen molar-refractivity contribution < 1.29 is 23.9 Å². The third kappa shape index (κ3) is 7.62. The minimum Gasteiger partial charge on any atom is -0.434 e. The Kier molecular flexibility index (Phi) is 8.37. The number of rotatable bonds is 7. The van der Waals surface area contributed by atoms with Crippen LogP contribution in [0.5, 0.6) is 5.75 Å². The summed E-state index contributed by atoms with van der Waals surface area (Å²) in [5.41, 5.74) is 2.46. The van der Waals surface area contributed by atoms with E-state index in [1.165, 1.54) is 30.3 Å². The van der Waals surface area contributed by atoms with Crippen molar-refractivity contribution >= 4 is 51.4 Å². The second-order valence-electron chi connectivity index (χ2n) is 6.72. The molecule has 33 heavy (non-hydrogen) atoms. The van der Waals surface area contributed by atoms with Crippen LogP contribution in [-0.2, 0) is 9.53 Å². The highest BCUT2D eigenvalue weighted by Crippen LogP contribution is 2.17. The lowest BCUT2D eigenvalue weighted by Crippen LogP contribution is -2.13. The fourth-order valence-electron chi connectivity index (χ4n) is 2.69.